The number of rotatable bonds is 3. The predicted molar refractivity (Wildman–Crippen MR) is 76.2 cm³/mol. The highest BCUT2D eigenvalue weighted by Crippen LogP contribution is 2.32. The summed E-state index contributed by atoms with van der Waals surface area (Å²) in [5, 5.41) is 9.96. The third-order valence-corrected chi connectivity index (χ3v) is 3.04. The molecule has 108 valence electrons. The van der Waals surface area contributed by atoms with E-state index in [0.29, 0.717) is 11.1 Å². The van der Waals surface area contributed by atoms with Crippen LogP contribution in [0.25, 0.3) is 11.1 Å². The molecule has 0 radical (unpaired) electrons. The predicted octanol–water partition coefficient (Wildman–Crippen LogP) is 2.63. The molecule has 0 atom stereocenters. The van der Waals surface area contributed by atoms with Crippen molar-refractivity contribution in [2.45, 2.75) is 0 Å². The molecule has 0 aliphatic heterocycles. The van der Waals surface area contributed by atoms with Crippen molar-refractivity contribution in [2.75, 3.05) is 14.2 Å². The number of esters is 2. The molecular weight excluding hydrogens is 272 g/mol. The summed E-state index contributed by atoms with van der Waals surface area (Å²) < 4.78 is 9.39. The van der Waals surface area contributed by atoms with Crippen LogP contribution < -0.4 is 0 Å². The Labute approximate surface area is 121 Å². The molecule has 0 spiro atoms. The van der Waals surface area contributed by atoms with Gasteiger partial charge in [-0.15, -0.1) is 0 Å². The fourth-order valence-corrected chi connectivity index (χ4v) is 2.00. The largest absolute Gasteiger partial charge is 0.507 e. The normalized spacial score (nSPS) is 10.0. The molecule has 21 heavy (non-hydrogen) atoms. The topological polar surface area (TPSA) is 72.8 Å². The highest BCUT2D eigenvalue weighted by atomic mass is 16.5. The molecule has 0 fully saturated rings. The molecule has 2 aromatic rings. The highest BCUT2D eigenvalue weighted by molar-refractivity contribution is 6.01. The van der Waals surface area contributed by atoms with E-state index >= 15 is 0 Å². The average Bonchev–Trinajstić information content (AvgIpc) is 2.53. The minimum Gasteiger partial charge on any atom is -0.507 e. The maximum atomic E-state index is 11.8. The van der Waals surface area contributed by atoms with Crippen LogP contribution in [0, 0.1) is 0 Å². The first-order valence-corrected chi connectivity index (χ1v) is 6.17. The minimum atomic E-state index is -0.551. The van der Waals surface area contributed by atoms with Gasteiger partial charge >= 0.3 is 11.9 Å². The summed E-state index contributed by atoms with van der Waals surface area (Å²) in [6, 6.07) is 11.0. The number of aromatic hydroxyl groups is 1. The second kappa shape index (κ2) is 6.09. The van der Waals surface area contributed by atoms with E-state index in [9.17, 15) is 14.7 Å². The number of methoxy groups -OCH3 is 2. The van der Waals surface area contributed by atoms with Gasteiger partial charge in [-0.25, -0.2) is 9.59 Å². The number of ether oxygens (including phenoxy) is 2. The molecule has 2 rings (SSSR count). The Balaban J connectivity index is 2.67. The zero-order chi connectivity index (χ0) is 15.4. The molecule has 0 amide bonds. The lowest BCUT2D eigenvalue weighted by Crippen LogP contribution is -2.07. The van der Waals surface area contributed by atoms with Gasteiger partial charge in [-0.1, -0.05) is 18.2 Å². The highest BCUT2D eigenvalue weighted by Gasteiger charge is 2.18. The smallest absolute Gasteiger partial charge is 0.338 e. The van der Waals surface area contributed by atoms with Crippen LogP contribution in [0.15, 0.2) is 42.5 Å². The Kier molecular flexibility index (Phi) is 4.23. The Hall–Kier alpha value is -2.82. The van der Waals surface area contributed by atoms with Crippen LogP contribution in [0.3, 0.4) is 0 Å². The number of para-hydroxylation sites is 1. The maximum absolute atomic E-state index is 11.8. The zero-order valence-electron chi connectivity index (χ0n) is 11.6. The van der Waals surface area contributed by atoms with Crippen molar-refractivity contribution in [3.05, 3.63) is 53.6 Å². The lowest BCUT2D eigenvalue weighted by Gasteiger charge is -2.11. The Bertz CT molecular complexity index is 691. The van der Waals surface area contributed by atoms with E-state index in [0.717, 1.165) is 0 Å². The Morgan fingerprint density at radius 3 is 2.19 bits per heavy atom. The quantitative estimate of drug-likeness (QED) is 0.878. The Morgan fingerprint density at radius 2 is 1.57 bits per heavy atom. The van der Waals surface area contributed by atoms with E-state index in [1.165, 1.54) is 38.5 Å². The van der Waals surface area contributed by atoms with Crippen LogP contribution in [0.5, 0.6) is 5.75 Å². The maximum Gasteiger partial charge on any atom is 0.338 e. The first-order chi connectivity index (χ1) is 10.1. The van der Waals surface area contributed by atoms with E-state index in [4.69, 9.17) is 4.74 Å². The van der Waals surface area contributed by atoms with Gasteiger partial charge in [0.15, 0.2) is 0 Å². The molecule has 0 bridgehead atoms. The number of phenols is 1. The van der Waals surface area contributed by atoms with Crippen molar-refractivity contribution in [3.8, 4) is 16.9 Å². The van der Waals surface area contributed by atoms with Crippen molar-refractivity contribution < 1.29 is 24.2 Å². The molecule has 0 aliphatic carbocycles. The molecule has 5 nitrogen and oxygen atoms in total. The summed E-state index contributed by atoms with van der Waals surface area (Å²) in [5.74, 6) is -1.07. The average molecular weight is 286 g/mol. The number of carbonyl (C=O) groups is 2. The molecular formula is C16H14O5. The number of carbonyl (C=O) groups excluding carboxylic acids is 2. The number of hydrogen-bond acceptors (Lipinski definition) is 5. The summed E-state index contributed by atoms with van der Waals surface area (Å²) in [5.41, 5.74) is 1.38. The molecule has 0 heterocycles. The first-order valence-electron chi connectivity index (χ1n) is 6.17. The van der Waals surface area contributed by atoms with Gasteiger partial charge in [-0.3, -0.25) is 0 Å². The van der Waals surface area contributed by atoms with Gasteiger partial charge in [-0.2, -0.15) is 0 Å². The van der Waals surface area contributed by atoms with Gasteiger partial charge in [0.25, 0.3) is 0 Å². The summed E-state index contributed by atoms with van der Waals surface area (Å²) in [6.07, 6.45) is 0. The van der Waals surface area contributed by atoms with E-state index in [1.54, 1.807) is 18.2 Å². The van der Waals surface area contributed by atoms with E-state index < -0.39 is 11.9 Å². The summed E-state index contributed by atoms with van der Waals surface area (Å²) in [7, 11) is 2.54. The van der Waals surface area contributed by atoms with Crippen LogP contribution >= 0.6 is 0 Å². The second-order valence-electron chi connectivity index (χ2n) is 4.26. The molecule has 1 N–H and O–H groups in total. The molecule has 5 heteroatoms. The van der Waals surface area contributed by atoms with E-state index in [-0.39, 0.29) is 16.9 Å². The second-order valence-corrected chi connectivity index (χ2v) is 4.26. The third-order valence-electron chi connectivity index (χ3n) is 3.04. The van der Waals surface area contributed by atoms with Crippen molar-refractivity contribution >= 4 is 11.9 Å². The molecule has 0 aliphatic rings. The lowest BCUT2D eigenvalue weighted by atomic mass is 9.96. The van der Waals surface area contributed by atoms with Crippen molar-refractivity contribution in [2.24, 2.45) is 0 Å². The first kappa shape index (κ1) is 14.6. The van der Waals surface area contributed by atoms with Crippen LogP contribution in [0.2, 0.25) is 0 Å². The summed E-state index contributed by atoms with van der Waals surface area (Å²) in [4.78, 5) is 23.5. The van der Waals surface area contributed by atoms with Gasteiger partial charge in [0, 0.05) is 11.1 Å². The van der Waals surface area contributed by atoms with Gasteiger partial charge in [0.05, 0.1) is 25.3 Å². The van der Waals surface area contributed by atoms with Crippen LogP contribution in [-0.2, 0) is 9.47 Å². The molecule has 0 aromatic heterocycles. The van der Waals surface area contributed by atoms with E-state index in [1.807, 2.05) is 0 Å². The standard InChI is InChI=1S/C16H14O5/c1-20-15(18)10-7-8-12(16(19)21-2)13(9-10)11-5-3-4-6-14(11)17/h3-9,17H,1-2H3. The minimum absolute atomic E-state index is 0.00432. The lowest BCUT2D eigenvalue weighted by molar-refractivity contribution is 0.0587. The monoisotopic (exact) mass is 286 g/mol. The SMILES string of the molecule is COC(=O)c1ccc(C(=O)OC)c(-c2ccccc2O)c1. The zero-order valence-corrected chi connectivity index (χ0v) is 11.6. The number of phenolic OH excluding ortho intramolecular Hbond substituents is 1. The van der Waals surface area contributed by atoms with Gasteiger partial charge in [-0.05, 0) is 24.3 Å². The summed E-state index contributed by atoms with van der Waals surface area (Å²) >= 11 is 0. The molecule has 0 saturated carbocycles. The third kappa shape index (κ3) is 2.86. The molecule has 2 aromatic carbocycles. The van der Waals surface area contributed by atoms with Crippen LogP contribution in [0.4, 0.5) is 0 Å². The van der Waals surface area contributed by atoms with Crippen molar-refractivity contribution in [1.82, 2.24) is 0 Å². The van der Waals surface area contributed by atoms with Crippen molar-refractivity contribution in [1.29, 1.82) is 0 Å². The van der Waals surface area contributed by atoms with Gasteiger partial charge in [0.2, 0.25) is 0 Å². The van der Waals surface area contributed by atoms with Gasteiger partial charge in [0.1, 0.15) is 5.75 Å². The summed E-state index contributed by atoms with van der Waals surface area (Å²) in [6.45, 7) is 0. The van der Waals surface area contributed by atoms with Crippen molar-refractivity contribution in [3.63, 3.8) is 0 Å². The molecule has 0 saturated heterocycles. The number of hydrogen-bond donors (Lipinski definition) is 1. The van der Waals surface area contributed by atoms with E-state index in [2.05, 4.69) is 4.74 Å². The fraction of sp³-hybridized carbons (Fsp3) is 0.125. The Morgan fingerprint density at radius 1 is 0.905 bits per heavy atom. The van der Waals surface area contributed by atoms with Gasteiger partial charge < -0.3 is 14.6 Å². The fourth-order valence-electron chi connectivity index (χ4n) is 2.00. The van der Waals surface area contributed by atoms with Crippen LogP contribution in [-0.4, -0.2) is 31.3 Å². The number of benzene rings is 2. The van der Waals surface area contributed by atoms with Crippen LogP contribution in [0.1, 0.15) is 20.7 Å². The molecule has 0 unspecified atom stereocenters.